The Morgan fingerprint density at radius 1 is 1.00 bits per heavy atom. The number of amides is 1. The van der Waals surface area contributed by atoms with Crippen LogP contribution in [0.1, 0.15) is 29.7 Å². The second-order valence-corrected chi connectivity index (χ2v) is 8.31. The number of anilines is 1. The molecule has 0 spiro atoms. The van der Waals surface area contributed by atoms with Crippen molar-refractivity contribution in [1.29, 1.82) is 0 Å². The van der Waals surface area contributed by atoms with Crippen LogP contribution >= 0.6 is 0 Å². The predicted octanol–water partition coefficient (Wildman–Crippen LogP) is 4.62. The first-order valence-corrected chi connectivity index (χ1v) is 10.6. The summed E-state index contributed by atoms with van der Waals surface area (Å²) in [4.78, 5) is 27.2. The number of aromatic hydroxyl groups is 1. The summed E-state index contributed by atoms with van der Waals surface area (Å²) in [5.74, 6) is -4.01. The molecule has 2 atom stereocenters. The van der Waals surface area contributed by atoms with Gasteiger partial charge < -0.3 is 14.9 Å². The standard InChI is InChI=1S/C26H19F2NO5/c1-13-10-16-11-15(4-9-21(16)34-13)24(31)22-23(14-2-6-18(30)7-3-14)29(26(33)25(22)32)17-5-8-19(27)20(28)12-17/h2-9,11-13,23,30-31H,10H2,1H3/b24-22-. The number of carbonyl (C=O) groups is 2. The van der Waals surface area contributed by atoms with E-state index < -0.39 is 35.1 Å². The van der Waals surface area contributed by atoms with Crippen LogP contribution in [0.4, 0.5) is 14.5 Å². The van der Waals surface area contributed by atoms with Gasteiger partial charge in [0.1, 0.15) is 23.4 Å². The molecule has 1 amide bonds. The molecule has 2 aliphatic rings. The SMILES string of the molecule is CC1Cc2cc(/C(O)=C3/C(=O)C(=O)N(c4ccc(F)c(F)c4)C3c3ccc(O)cc3)ccc2O1. The van der Waals surface area contributed by atoms with E-state index in [0.717, 1.165) is 22.6 Å². The molecule has 2 unspecified atom stereocenters. The Bertz CT molecular complexity index is 1370. The lowest BCUT2D eigenvalue weighted by Crippen LogP contribution is -2.29. The maximum Gasteiger partial charge on any atom is 0.300 e. The maximum absolute atomic E-state index is 14.0. The van der Waals surface area contributed by atoms with Crippen molar-refractivity contribution in [3.63, 3.8) is 0 Å². The molecule has 2 heterocycles. The van der Waals surface area contributed by atoms with Crippen LogP contribution in [0.5, 0.6) is 11.5 Å². The number of aliphatic hydroxyl groups is 1. The van der Waals surface area contributed by atoms with E-state index >= 15 is 0 Å². The lowest BCUT2D eigenvalue weighted by molar-refractivity contribution is -0.132. The van der Waals surface area contributed by atoms with Crippen LogP contribution in [0.3, 0.4) is 0 Å². The predicted molar refractivity (Wildman–Crippen MR) is 119 cm³/mol. The minimum atomic E-state index is -1.18. The van der Waals surface area contributed by atoms with Crippen molar-refractivity contribution in [1.82, 2.24) is 0 Å². The molecule has 172 valence electrons. The highest BCUT2D eigenvalue weighted by Gasteiger charge is 2.47. The Balaban J connectivity index is 1.69. The van der Waals surface area contributed by atoms with Gasteiger partial charge in [-0.15, -0.1) is 0 Å². The molecule has 1 saturated heterocycles. The highest BCUT2D eigenvalue weighted by Crippen LogP contribution is 2.43. The van der Waals surface area contributed by atoms with Gasteiger partial charge in [-0.25, -0.2) is 8.78 Å². The Kier molecular flexibility index (Phi) is 5.08. The monoisotopic (exact) mass is 463 g/mol. The molecular formula is C26H19F2NO5. The van der Waals surface area contributed by atoms with Gasteiger partial charge in [0, 0.05) is 23.7 Å². The van der Waals surface area contributed by atoms with Gasteiger partial charge in [0.2, 0.25) is 0 Å². The Morgan fingerprint density at radius 3 is 2.44 bits per heavy atom. The number of carbonyl (C=O) groups excluding carboxylic acids is 2. The van der Waals surface area contributed by atoms with Crippen LogP contribution in [0, 0.1) is 11.6 Å². The van der Waals surface area contributed by atoms with Gasteiger partial charge in [0.05, 0.1) is 11.6 Å². The average molecular weight is 463 g/mol. The number of halogens is 2. The van der Waals surface area contributed by atoms with Crippen LogP contribution in [0.15, 0.2) is 66.2 Å². The van der Waals surface area contributed by atoms with E-state index in [4.69, 9.17) is 4.74 Å². The quantitative estimate of drug-likeness (QED) is 0.336. The second kappa shape index (κ2) is 7.98. The highest BCUT2D eigenvalue weighted by atomic mass is 19.2. The number of phenols is 1. The number of hydrogen-bond acceptors (Lipinski definition) is 5. The van der Waals surface area contributed by atoms with Crippen LogP contribution in [-0.4, -0.2) is 28.0 Å². The van der Waals surface area contributed by atoms with E-state index in [1.165, 1.54) is 30.3 Å². The molecule has 0 aliphatic carbocycles. The summed E-state index contributed by atoms with van der Waals surface area (Å²) in [6, 6.07) is 12.4. The van der Waals surface area contributed by atoms with Crippen molar-refractivity contribution in [2.24, 2.45) is 0 Å². The summed E-state index contributed by atoms with van der Waals surface area (Å²) < 4.78 is 33.3. The lowest BCUT2D eigenvalue weighted by atomic mass is 9.94. The van der Waals surface area contributed by atoms with Gasteiger partial charge in [-0.2, -0.15) is 0 Å². The van der Waals surface area contributed by atoms with Crippen LogP contribution in [0.2, 0.25) is 0 Å². The van der Waals surface area contributed by atoms with E-state index in [1.54, 1.807) is 18.2 Å². The molecule has 3 aromatic rings. The van der Waals surface area contributed by atoms with Gasteiger partial charge in [-0.1, -0.05) is 12.1 Å². The highest BCUT2D eigenvalue weighted by molar-refractivity contribution is 6.51. The molecule has 0 aromatic heterocycles. The van der Waals surface area contributed by atoms with Gasteiger partial charge >= 0.3 is 0 Å². The Labute approximate surface area is 193 Å². The molecule has 2 N–H and O–H groups in total. The van der Waals surface area contributed by atoms with Gasteiger partial charge in [-0.05, 0) is 60.5 Å². The van der Waals surface area contributed by atoms with Crippen LogP contribution < -0.4 is 9.64 Å². The van der Waals surface area contributed by atoms with Gasteiger partial charge in [-0.3, -0.25) is 14.5 Å². The van der Waals surface area contributed by atoms with Crippen LogP contribution in [0.25, 0.3) is 5.76 Å². The zero-order valence-electron chi connectivity index (χ0n) is 18.0. The number of rotatable bonds is 3. The number of ether oxygens (including phenoxy) is 1. The first-order valence-electron chi connectivity index (χ1n) is 10.6. The molecular weight excluding hydrogens is 444 g/mol. The average Bonchev–Trinajstić information content (AvgIpc) is 3.31. The number of fused-ring (bicyclic) bond motifs is 1. The van der Waals surface area contributed by atoms with E-state index in [0.29, 0.717) is 23.3 Å². The fraction of sp³-hybridized carbons (Fsp3) is 0.154. The number of phenolic OH excluding ortho intramolecular Hbond substituents is 1. The molecule has 2 aliphatic heterocycles. The van der Waals surface area contributed by atoms with Gasteiger partial charge in [0.15, 0.2) is 11.6 Å². The molecule has 5 rings (SSSR count). The molecule has 8 heteroatoms. The Hall–Kier alpha value is -4.20. The maximum atomic E-state index is 14.0. The van der Waals surface area contributed by atoms with Crippen molar-refractivity contribution >= 4 is 23.1 Å². The fourth-order valence-corrected chi connectivity index (χ4v) is 4.43. The second-order valence-electron chi connectivity index (χ2n) is 8.31. The molecule has 0 radical (unpaired) electrons. The summed E-state index contributed by atoms with van der Waals surface area (Å²) in [5, 5.41) is 20.9. The molecule has 6 nitrogen and oxygen atoms in total. The third-order valence-corrected chi connectivity index (χ3v) is 6.00. The third kappa shape index (κ3) is 3.48. The number of benzene rings is 3. The molecule has 0 saturated carbocycles. The zero-order chi connectivity index (χ0) is 24.1. The summed E-state index contributed by atoms with van der Waals surface area (Å²) in [7, 11) is 0. The smallest absolute Gasteiger partial charge is 0.300 e. The zero-order valence-corrected chi connectivity index (χ0v) is 18.0. The largest absolute Gasteiger partial charge is 0.508 e. The minimum Gasteiger partial charge on any atom is -0.508 e. The summed E-state index contributed by atoms with van der Waals surface area (Å²) in [5.41, 5.74) is 1.32. The van der Waals surface area contributed by atoms with Crippen molar-refractivity contribution in [2.75, 3.05) is 4.90 Å². The van der Waals surface area contributed by atoms with Gasteiger partial charge in [0.25, 0.3) is 11.7 Å². The first-order chi connectivity index (χ1) is 16.2. The molecule has 1 fully saturated rings. The third-order valence-electron chi connectivity index (χ3n) is 6.00. The molecule has 0 bridgehead atoms. The van der Waals surface area contributed by atoms with Crippen molar-refractivity contribution in [3.8, 4) is 11.5 Å². The lowest BCUT2D eigenvalue weighted by Gasteiger charge is -2.25. The van der Waals surface area contributed by atoms with Crippen molar-refractivity contribution < 1.29 is 33.3 Å². The van der Waals surface area contributed by atoms with Crippen molar-refractivity contribution in [2.45, 2.75) is 25.5 Å². The van der Waals surface area contributed by atoms with E-state index in [9.17, 15) is 28.6 Å². The summed E-state index contributed by atoms with van der Waals surface area (Å²) in [6.07, 6.45) is 0.601. The summed E-state index contributed by atoms with van der Waals surface area (Å²) in [6.45, 7) is 1.91. The van der Waals surface area contributed by atoms with Crippen LogP contribution in [-0.2, 0) is 16.0 Å². The number of aliphatic hydroxyl groups excluding tert-OH is 1. The van der Waals surface area contributed by atoms with E-state index in [1.807, 2.05) is 6.92 Å². The van der Waals surface area contributed by atoms with E-state index in [-0.39, 0.29) is 23.1 Å². The summed E-state index contributed by atoms with van der Waals surface area (Å²) >= 11 is 0. The fourth-order valence-electron chi connectivity index (χ4n) is 4.43. The minimum absolute atomic E-state index is 0.0247. The first kappa shape index (κ1) is 21.6. The Morgan fingerprint density at radius 2 is 1.74 bits per heavy atom. The normalized spacial score (nSPS) is 21.0. The number of hydrogen-bond donors (Lipinski definition) is 2. The van der Waals surface area contributed by atoms with Crippen molar-refractivity contribution in [3.05, 3.63) is 94.6 Å². The molecule has 34 heavy (non-hydrogen) atoms. The number of nitrogens with zero attached hydrogens (tertiary/aromatic N) is 1. The molecule has 3 aromatic carbocycles. The van der Waals surface area contributed by atoms with E-state index in [2.05, 4.69) is 0 Å². The number of ketones is 1. The topological polar surface area (TPSA) is 87.1 Å². The number of Topliss-reactive ketones (excluding diaryl/α,β-unsaturated/α-hetero) is 1.